The van der Waals surface area contributed by atoms with Crippen LogP contribution in [-0.2, 0) is 6.42 Å². The number of nitrogens with zero attached hydrogens (tertiary/aromatic N) is 1. The normalized spacial score (nSPS) is 11.5. The van der Waals surface area contributed by atoms with E-state index in [0.717, 1.165) is 18.0 Å². The minimum absolute atomic E-state index is 0.868. The number of benzene rings is 1. The summed E-state index contributed by atoms with van der Waals surface area (Å²) in [5.74, 6) is 0. The van der Waals surface area contributed by atoms with Crippen LogP contribution in [0.25, 0.3) is 10.1 Å². The number of aryl methyl sites for hydroxylation is 1. The summed E-state index contributed by atoms with van der Waals surface area (Å²) in [5, 5.41) is 2.07. The molecular weight excluding hydrogens is 238 g/mol. The maximum absolute atomic E-state index is 6.15. The van der Waals surface area contributed by atoms with Crippen LogP contribution >= 0.6 is 22.9 Å². The van der Waals surface area contributed by atoms with Gasteiger partial charge in [0.1, 0.15) is 0 Å². The number of hydrogen-bond donors (Lipinski definition) is 0. The van der Waals surface area contributed by atoms with Crippen LogP contribution in [-0.4, -0.2) is 25.5 Å². The van der Waals surface area contributed by atoms with E-state index < -0.39 is 0 Å². The molecule has 3 heteroatoms. The molecule has 0 unspecified atom stereocenters. The van der Waals surface area contributed by atoms with Crippen LogP contribution in [0.4, 0.5) is 0 Å². The SMILES string of the molecule is CN(C)CCCc1cc2c(Cl)cccc2s1. The smallest absolute Gasteiger partial charge is 0.0492 e. The second kappa shape index (κ2) is 5.17. The van der Waals surface area contributed by atoms with Gasteiger partial charge in [-0.25, -0.2) is 0 Å². The Morgan fingerprint density at radius 3 is 2.81 bits per heavy atom. The Bertz CT molecular complexity index is 476. The van der Waals surface area contributed by atoms with E-state index in [1.54, 1.807) is 0 Å². The van der Waals surface area contributed by atoms with Gasteiger partial charge in [-0.05, 0) is 51.7 Å². The summed E-state index contributed by atoms with van der Waals surface area (Å²) in [6, 6.07) is 8.35. The molecule has 1 heterocycles. The van der Waals surface area contributed by atoms with Gasteiger partial charge in [-0.1, -0.05) is 17.7 Å². The minimum atomic E-state index is 0.868. The average molecular weight is 254 g/mol. The van der Waals surface area contributed by atoms with Gasteiger partial charge in [0.2, 0.25) is 0 Å². The van der Waals surface area contributed by atoms with E-state index in [-0.39, 0.29) is 0 Å². The van der Waals surface area contributed by atoms with Crippen molar-refractivity contribution in [2.75, 3.05) is 20.6 Å². The largest absolute Gasteiger partial charge is 0.309 e. The Kier molecular flexibility index (Phi) is 3.85. The fraction of sp³-hybridized carbons (Fsp3) is 0.385. The van der Waals surface area contributed by atoms with Crippen molar-refractivity contribution in [2.24, 2.45) is 0 Å². The van der Waals surface area contributed by atoms with Crippen molar-refractivity contribution >= 4 is 33.0 Å². The number of fused-ring (bicyclic) bond motifs is 1. The van der Waals surface area contributed by atoms with Crippen molar-refractivity contribution in [3.05, 3.63) is 34.2 Å². The fourth-order valence-corrected chi connectivity index (χ4v) is 3.19. The minimum Gasteiger partial charge on any atom is -0.309 e. The first-order chi connectivity index (χ1) is 7.66. The molecule has 1 aromatic carbocycles. The highest BCUT2D eigenvalue weighted by Gasteiger charge is 2.04. The van der Waals surface area contributed by atoms with Crippen molar-refractivity contribution in [3.63, 3.8) is 0 Å². The Hall–Kier alpha value is -0.570. The monoisotopic (exact) mass is 253 g/mol. The van der Waals surface area contributed by atoms with Gasteiger partial charge in [0.15, 0.2) is 0 Å². The fourth-order valence-electron chi connectivity index (χ4n) is 1.77. The molecule has 0 aliphatic carbocycles. The van der Waals surface area contributed by atoms with E-state index in [4.69, 9.17) is 11.6 Å². The van der Waals surface area contributed by atoms with Crippen LogP contribution in [0.5, 0.6) is 0 Å². The number of thiophene rings is 1. The molecule has 16 heavy (non-hydrogen) atoms. The molecule has 0 aliphatic heterocycles. The molecule has 0 bridgehead atoms. The quantitative estimate of drug-likeness (QED) is 0.795. The van der Waals surface area contributed by atoms with Gasteiger partial charge in [0.25, 0.3) is 0 Å². The maximum Gasteiger partial charge on any atom is 0.0492 e. The molecule has 0 radical (unpaired) electrons. The van der Waals surface area contributed by atoms with Crippen LogP contribution in [0.15, 0.2) is 24.3 Å². The molecule has 0 N–H and O–H groups in total. The van der Waals surface area contributed by atoms with E-state index in [0.29, 0.717) is 0 Å². The van der Waals surface area contributed by atoms with Crippen molar-refractivity contribution < 1.29 is 0 Å². The van der Waals surface area contributed by atoms with Gasteiger partial charge in [0, 0.05) is 20.0 Å². The molecule has 1 nitrogen and oxygen atoms in total. The van der Waals surface area contributed by atoms with E-state index in [2.05, 4.69) is 31.1 Å². The third-order valence-electron chi connectivity index (χ3n) is 2.59. The second-order valence-corrected chi connectivity index (χ2v) is 5.85. The first kappa shape index (κ1) is 11.9. The van der Waals surface area contributed by atoms with Crippen molar-refractivity contribution in [3.8, 4) is 0 Å². The molecule has 86 valence electrons. The van der Waals surface area contributed by atoms with Gasteiger partial charge in [-0.2, -0.15) is 0 Å². The third kappa shape index (κ3) is 2.76. The molecule has 2 aromatic rings. The Balaban J connectivity index is 2.11. The summed E-state index contributed by atoms with van der Waals surface area (Å²) in [5.41, 5.74) is 0. The lowest BCUT2D eigenvalue weighted by atomic mass is 10.2. The number of rotatable bonds is 4. The highest BCUT2D eigenvalue weighted by Crippen LogP contribution is 2.31. The zero-order chi connectivity index (χ0) is 11.5. The lowest BCUT2D eigenvalue weighted by Gasteiger charge is -2.07. The van der Waals surface area contributed by atoms with Crippen molar-refractivity contribution in [1.82, 2.24) is 4.90 Å². The Morgan fingerprint density at radius 2 is 2.12 bits per heavy atom. The van der Waals surface area contributed by atoms with Gasteiger partial charge in [-0.3, -0.25) is 0 Å². The predicted molar refractivity (Wildman–Crippen MR) is 73.7 cm³/mol. The van der Waals surface area contributed by atoms with Crippen LogP contribution < -0.4 is 0 Å². The predicted octanol–water partition coefficient (Wildman–Crippen LogP) is 4.05. The first-order valence-electron chi connectivity index (χ1n) is 5.48. The zero-order valence-electron chi connectivity index (χ0n) is 9.66. The van der Waals surface area contributed by atoms with Crippen LogP contribution in [0, 0.1) is 0 Å². The molecule has 0 fully saturated rings. The molecule has 0 saturated carbocycles. The molecule has 0 amide bonds. The van der Waals surface area contributed by atoms with Gasteiger partial charge in [-0.15, -0.1) is 11.3 Å². The van der Waals surface area contributed by atoms with Gasteiger partial charge in [0.05, 0.1) is 0 Å². The second-order valence-electron chi connectivity index (χ2n) is 4.27. The lowest BCUT2D eigenvalue weighted by Crippen LogP contribution is -2.13. The van der Waals surface area contributed by atoms with E-state index in [1.165, 1.54) is 21.4 Å². The molecule has 0 atom stereocenters. The van der Waals surface area contributed by atoms with Crippen molar-refractivity contribution in [1.29, 1.82) is 0 Å². The first-order valence-corrected chi connectivity index (χ1v) is 6.68. The standard InChI is InChI=1S/C13H16ClNS/c1-15(2)8-4-5-10-9-11-12(14)6-3-7-13(11)16-10/h3,6-7,9H,4-5,8H2,1-2H3. The van der Waals surface area contributed by atoms with E-state index in [1.807, 2.05) is 23.5 Å². The number of hydrogen-bond acceptors (Lipinski definition) is 2. The van der Waals surface area contributed by atoms with E-state index in [9.17, 15) is 0 Å². The zero-order valence-corrected chi connectivity index (χ0v) is 11.2. The topological polar surface area (TPSA) is 3.24 Å². The maximum atomic E-state index is 6.15. The summed E-state index contributed by atoms with van der Waals surface area (Å²) in [7, 11) is 4.23. The molecule has 0 spiro atoms. The lowest BCUT2D eigenvalue weighted by molar-refractivity contribution is 0.401. The summed E-state index contributed by atoms with van der Waals surface area (Å²) in [4.78, 5) is 3.66. The highest BCUT2D eigenvalue weighted by atomic mass is 35.5. The summed E-state index contributed by atoms with van der Waals surface area (Å²) >= 11 is 8.01. The summed E-state index contributed by atoms with van der Waals surface area (Å²) < 4.78 is 1.30. The van der Waals surface area contributed by atoms with E-state index >= 15 is 0 Å². The van der Waals surface area contributed by atoms with Crippen LogP contribution in [0.3, 0.4) is 0 Å². The molecular formula is C13H16ClNS. The third-order valence-corrected chi connectivity index (χ3v) is 4.08. The molecule has 0 saturated heterocycles. The van der Waals surface area contributed by atoms with Gasteiger partial charge >= 0.3 is 0 Å². The summed E-state index contributed by atoms with van der Waals surface area (Å²) in [6.45, 7) is 1.14. The average Bonchev–Trinajstić information content (AvgIpc) is 2.61. The Morgan fingerprint density at radius 1 is 1.31 bits per heavy atom. The Labute approximate surface area is 106 Å². The molecule has 1 aromatic heterocycles. The van der Waals surface area contributed by atoms with Crippen molar-refractivity contribution in [2.45, 2.75) is 12.8 Å². The molecule has 2 rings (SSSR count). The van der Waals surface area contributed by atoms with Gasteiger partial charge < -0.3 is 4.90 Å². The van der Waals surface area contributed by atoms with Crippen LogP contribution in [0.1, 0.15) is 11.3 Å². The highest BCUT2D eigenvalue weighted by molar-refractivity contribution is 7.19. The number of halogens is 1. The summed E-state index contributed by atoms with van der Waals surface area (Å²) in [6.07, 6.45) is 2.35. The van der Waals surface area contributed by atoms with Crippen LogP contribution in [0.2, 0.25) is 5.02 Å². The molecule has 0 aliphatic rings.